The molecule has 2 aromatic carbocycles. The molecule has 0 saturated carbocycles. The molecule has 8 nitrogen and oxygen atoms in total. The van der Waals surface area contributed by atoms with Gasteiger partial charge < -0.3 is 4.42 Å². The largest absolute Gasteiger partial charge is 0.460 e. The number of amides is 2. The van der Waals surface area contributed by atoms with Gasteiger partial charge in [-0.2, -0.15) is 10.1 Å². The standard InChI is InChI=1S/C18H11N3O5/c1-10-5-6-11(26-10)9-19-20-17(22)13-4-2-3-12-15(21(24)25)8-7-14(16(12)13)18(20)23/h2-9H,1H3/b19-9-. The molecule has 0 radical (unpaired) electrons. The average Bonchev–Trinajstić information content (AvgIpc) is 3.04. The van der Waals surface area contributed by atoms with Crippen molar-refractivity contribution in [3.8, 4) is 0 Å². The van der Waals surface area contributed by atoms with Gasteiger partial charge in [0.25, 0.3) is 17.5 Å². The Bertz CT molecular complexity index is 1110. The zero-order valence-electron chi connectivity index (χ0n) is 13.5. The normalized spacial score (nSPS) is 13.8. The third-order valence-corrected chi connectivity index (χ3v) is 4.12. The van der Waals surface area contributed by atoms with Crippen molar-refractivity contribution >= 4 is 34.5 Å². The summed E-state index contributed by atoms with van der Waals surface area (Å²) in [6, 6.07) is 10.6. The highest BCUT2D eigenvalue weighted by Crippen LogP contribution is 2.35. The van der Waals surface area contributed by atoms with Crippen molar-refractivity contribution in [2.24, 2.45) is 5.10 Å². The number of aryl methyl sites for hydroxylation is 1. The van der Waals surface area contributed by atoms with E-state index in [9.17, 15) is 19.7 Å². The van der Waals surface area contributed by atoms with Crippen LogP contribution in [0.3, 0.4) is 0 Å². The Morgan fingerprint density at radius 1 is 1.08 bits per heavy atom. The van der Waals surface area contributed by atoms with Gasteiger partial charge in [-0.1, -0.05) is 6.07 Å². The summed E-state index contributed by atoms with van der Waals surface area (Å²) in [5.74, 6) is -0.220. The van der Waals surface area contributed by atoms with Gasteiger partial charge in [0, 0.05) is 11.5 Å². The van der Waals surface area contributed by atoms with Crippen LogP contribution in [0.2, 0.25) is 0 Å². The SMILES string of the molecule is Cc1ccc(/C=N\N2C(=O)c3cccc4c([N+](=O)[O-])ccc(c34)C2=O)o1. The minimum absolute atomic E-state index is 0.158. The lowest BCUT2D eigenvalue weighted by molar-refractivity contribution is -0.383. The number of imide groups is 1. The summed E-state index contributed by atoms with van der Waals surface area (Å²) < 4.78 is 5.34. The Morgan fingerprint density at radius 3 is 2.46 bits per heavy atom. The maximum atomic E-state index is 12.7. The van der Waals surface area contributed by atoms with E-state index in [0.29, 0.717) is 11.5 Å². The van der Waals surface area contributed by atoms with Crippen molar-refractivity contribution in [3.05, 3.63) is 75.2 Å². The molecule has 8 heteroatoms. The van der Waals surface area contributed by atoms with Crippen LogP contribution >= 0.6 is 0 Å². The Balaban J connectivity index is 1.85. The first-order valence-electron chi connectivity index (χ1n) is 7.66. The molecule has 0 bridgehead atoms. The lowest BCUT2D eigenvalue weighted by atomic mass is 9.94. The number of non-ortho nitro benzene ring substituents is 1. The van der Waals surface area contributed by atoms with Gasteiger partial charge in [-0.3, -0.25) is 19.7 Å². The Morgan fingerprint density at radius 2 is 1.81 bits per heavy atom. The summed E-state index contributed by atoms with van der Waals surface area (Å²) in [5, 5.41) is 16.4. The Hall–Kier alpha value is -3.81. The maximum Gasteiger partial charge on any atom is 0.282 e. The zero-order chi connectivity index (χ0) is 18.4. The summed E-state index contributed by atoms with van der Waals surface area (Å²) in [4.78, 5) is 36.1. The van der Waals surface area contributed by atoms with E-state index >= 15 is 0 Å². The predicted molar refractivity (Wildman–Crippen MR) is 92.1 cm³/mol. The third kappa shape index (κ3) is 2.27. The van der Waals surface area contributed by atoms with E-state index in [4.69, 9.17) is 4.42 Å². The zero-order valence-corrected chi connectivity index (χ0v) is 13.5. The fourth-order valence-corrected chi connectivity index (χ4v) is 2.97. The smallest absolute Gasteiger partial charge is 0.282 e. The van der Waals surface area contributed by atoms with E-state index < -0.39 is 16.7 Å². The molecule has 2 amide bonds. The number of rotatable bonds is 3. The van der Waals surface area contributed by atoms with Crippen LogP contribution in [0.5, 0.6) is 0 Å². The van der Waals surface area contributed by atoms with Crippen LogP contribution in [0.25, 0.3) is 10.8 Å². The number of furan rings is 1. The molecular formula is C18H11N3O5. The summed E-state index contributed by atoms with van der Waals surface area (Å²) >= 11 is 0. The number of carbonyl (C=O) groups excluding carboxylic acids is 2. The minimum Gasteiger partial charge on any atom is -0.460 e. The molecule has 26 heavy (non-hydrogen) atoms. The Kier molecular flexibility index (Phi) is 3.40. The molecule has 0 fully saturated rings. The molecule has 3 aromatic rings. The van der Waals surface area contributed by atoms with Gasteiger partial charge in [0.15, 0.2) is 0 Å². The maximum absolute atomic E-state index is 12.7. The van der Waals surface area contributed by atoms with Gasteiger partial charge in [0.1, 0.15) is 11.5 Å². The molecule has 0 aliphatic carbocycles. The van der Waals surface area contributed by atoms with Crippen molar-refractivity contribution in [1.29, 1.82) is 0 Å². The van der Waals surface area contributed by atoms with Gasteiger partial charge in [-0.05, 0) is 37.3 Å². The lowest BCUT2D eigenvalue weighted by Gasteiger charge is -2.22. The molecule has 1 aromatic heterocycles. The number of nitrogens with zero attached hydrogens (tertiary/aromatic N) is 3. The number of nitro groups is 1. The highest BCUT2D eigenvalue weighted by atomic mass is 16.6. The van der Waals surface area contributed by atoms with E-state index in [0.717, 1.165) is 5.01 Å². The molecule has 2 heterocycles. The molecule has 128 valence electrons. The van der Waals surface area contributed by atoms with Gasteiger partial charge in [0.05, 0.1) is 27.7 Å². The Labute approximate surface area is 146 Å². The van der Waals surface area contributed by atoms with Gasteiger partial charge >= 0.3 is 0 Å². The van der Waals surface area contributed by atoms with E-state index in [1.54, 1.807) is 25.1 Å². The number of nitro benzene ring substituents is 1. The van der Waals surface area contributed by atoms with Crippen LogP contribution in [-0.2, 0) is 0 Å². The molecule has 1 aliphatic rings. The molecule has 0 atom stereocenters. The number of hydrogen-bond donors (Lipinski definition) is 0. The number of hydrogen-bond acceptors (Lipinski definition) is 6. The highest BCUT2D eigenvalue weighted by Gasteiger charge is 2.34. The monoisotopic (exact) mass is 349 g/mol. The molecule has 0 saturated heterocycles. The quantitative estimate of drug-likeness (QED) is 0.312. The van der Waals surface area contributed by atoms with Crippen LogP contribution in [-0.4, -0.2) is 28.0 Å². The second kappa shape index (κ2) is 5.62. The number of carbonyl (C=O) groups is 2. The van der Waals surface area contributed by atoms with Crippen molar-refractivity contribution in [2.75, 3.05) is 0 Å². The van der Waals surface area contributed by atoms with Crippen LogP contribution in [0.4, 0.5) is 5.69 Å². The molecule has 1 aliphatic heterocycles. The number of benzene rings is 2. The van der Waals surface area contributed by atoms with Crippen molar-refractivity contribution in [3.63, 3.8) is 0 Å². The van der Waals surface area contributed by atoms with E-state index in [1.807, 2.05) is 0 Å². The number of hydrazone groups is 1. The van der Waals surface area contributed by atoms with Crippen LogP contribution in [0.1, 0.15) is 32.2 Å². The molecule has 0 N–H and O–H groups in total. The topological polar surface area (TPSA) is 106 Å². The minimum atomic E-state index is -0.645. The van der Waals surface area contributed by atoms with Crippen LogP contribution in [0.15, 0.2) is 52.0 Å². The second-order valence-electron chi connectivity index (χ2n) is 5.73. The summed E-state index contributed by atoms with van der Waals surface area (Å²) in [5.41, 5.74) is 0.219. The molecule has 0 unspecified atom stereocenters. The van der Waals surface area contributed by atoms with Gasteiger partial charge in [0.2, 0.25) is 0 Å². The van der Waals surface area contributed by atoms with Gasteiger partial charge in [-0.25, -0.2) is 0 Å². The van der Waals surface area contributed by atoms with Crippen molar-refractivity contribution in [2.45, 2.75) is 6.92 Å². The summed E-state index contributed by atoms with van der Waals surface area (Å²) in [6.45, 7) is 1.76. The summed E-state index contributed by atoms with van der Waals surface area (Å²) in [7, 11) is 0. The van der Waals surface area contributed by atoms with Crippen molar-refractivity contribution in [1.82, 2.24) is 5.01 Å². The molecule has 0 spiro atoms. The molecular weight excluding hydrogens is 338 g/mol. The fraction of sp³-hybridized carbons (Fsp3) is 0.0556. The average molecular weight is 349 g/mol. The third-order valence-electron chi connectivity index (χ3n) is 4.12. The first-order valence-corrected chi connectivity index (χ1v) is 7.66. The van der Waals surface area contributed by atoms with E-state index in [-0.39, 0.29) is 27.6 Å². The summed E-state index contributed by atoms with van der Waals surface area (Å²) in [6.07, 6.45) is 1.28. The van der Waals surface area contributed by atoms with Crippen LogP contribution in [0, 0.1) is 17.0 Å². The van der Waals surface area contributed by atoms with E-state index in [1.165, 1.54) is 30.5 Å². The van der Waals surface area contributed by atoms with Crippen LogP contribution < -0.4 is 0 Å². The first-order chi connectivity index (χ1) is 12.5. The first kappa shape index (κ1) is 15.7. The highest BCUT2D eigenvalue weighted by molar-refractivity contribution is 6.26. The van der Waals surface area contributed by atoms with E-state index in [2.05, 4.69) is 5.10 Å². The predicted octanol–water partition coefficient (Wildman–Crippen LogP) is 3.28. The fourth-order valence-electron chi connectivity index (χ4n) is 2.97. The van der Waals surface area contributed by atoms with Gasteiger partial charge in [-0.15, -0.1) is 0 Å². The lowest BCUT2D eigenvalue weighted by Crippen LogP contribution is -2.36. The molecule has 4 rings (SSSR count). The van der Waals surface area contributed by atoms with Crippen molar-refractivity contribution < 1.29 is 18.9 Å². The second-order valence-corrected chi connectivity index (χ2v) is 5.73.